The summed E-state index contributed by atoms with van der Waals surface area (Å²) >= 11 is 0. The number of ketones is 1. The number of hydrazone groups is 1. The molecule has 0 aromatic carbocycles. The smallest absolute Gasteiger partial charge is 0.178 e. The highest BCUT2D eigenvalue weighted by Crippen LogP contribution is 2.13. The molecular weight excluding hydrogens is 220 g/mol. The average molecular weight is 242 g/mol. The summed E-state index contributed by atoms with van der Waals surface area (Å²) in [6, 6.07) is 0. The van der Waals surface area contributed by atoms with Crippen molar-refractivity contribution in [3.63, 3.8) is 0 Å². The minimum atomic E-state index is -0.886. The average Bonchev–Trinajstić information content (AvgIpc) is 2.15. The summed E-state index contributed by atoms with van der Waals surface area (Å²) in [6.45, 7) is 9.13. The van der Waals surface area contributed by atoms with Gasteiger partial charge in [-0.05, 0) is 19.3 Å². The minimum Gasteiger partial charge on any atom is -0.355 e. The van der Waals surface area contributed by atoms with Gasteiger partial charge in [0, 0.05) is 6.42 Å². The first kappa shape index (κ1) is 12.6. The second kappa shape index (κ2) is 5.60. The lowest BCUT2D eigenvalue weighted by molar-refractivity contribution is -0.113. The molecule has 0 aromatic rings. The van der Waals surface area contributed by atoms with E-state index >= 15 is 0 Å². The third-order valence-electron chi connectivity index (χ3n) is 2.68. The van der Waals surface area contributed by atoms with Crippen LogP contribution in [0.15, 0.2) is 5.10 Å². The molecule has 15 heavy (non-hydrogen) atoms. The lowest BCUT2D eigenvalue weighted by Gasteiger charge is -2.28. The zero-order valence-electron chi connectivity index (χ0n) is 10.3. The normalized spacial score (nSPS) is 20.4. The number of rotatable bonds is 3. The molecule has 0 N–H and O–H groups in total. The SMILES string of the molecule is C[SiH](C)N(N=C1CCCCC1=O)[SiH](C)C. The fourth-order valence-electron chi connectivity index (χ4n) is 1.93. The van der Waals surface area contributed by atoms with Crippen molar-refractivity contribution in [3.05, 3.63) is 0 Å². The fraction of sp³-hybridized carbons (Fsp3) is 0.800. The van der Waals surface area contributed by atoms with Gasteiger partial charge < -0.3 is 4.34 Å². The van der Waals surface area contributed by atoms with Gasteiger partial charge in [0.05, 0.1) is 0 Å². The molecule has 1 fully saturated rings. The molecule has 0 spiro atoms. The molecule has 0 bridgehead atoms. The standard InChI is InChI=1S/C10H22N2OSi2/c1-14(2)12(15(3)4)11-9-7-5-6-8-10(9)13/h14-15H,5-8H2,1-4H3. The first-order valence-electron chi connectivity index (χ1n) is 5.91. The number of nitrogens with zero attached hydrogens (tertiary/aromatic N) is 2. The van der Waals surface area contributed by atoms with E-state index in [1.165, 1.54) is 0 Å². The van der Waals surface area contributed by atoms with Gasteiger partial charge >= 0.3 is 0 Å². The molecule has 86 valence electrons. The Bertz CT molecular complexity index is 256. The van der Waals surface area contributed by atoms with E-state index in [2.05, 4.69) is 35.6 Å². The van der Waals surface area contributed by atoms with Crippen LogP contribution < -0.4 is 0 Å². The van der Waals surface area contributed by atoms with E-state index in [0.717, 1.165) is 25.0 Å². The molecule has 0 aromatic heterocycles. The van der Waals surface area contributed by atoms with Crippen LogP contribution in [0.2, 0.25) is 26.2 Å². The van der Waals surface area contributed by atoms with Gasteiger partial charge in [-0.1, -0.05) is 26.2 Å². The Morgan fingerprint density at radius 2 is 1.60 bits per heavy atom. The molecule has 1 saturated carbocycles. The van der Waals surface area contributed by atoms with Crippen molar-refractivity contribution in [2.75, 3.05) is 0 Å². The van der Waals surface area contributed by atoms with Crippen molar-refractivity contribution in [2.45, 2.75) is 51.9 Å². The van der Waals surface area contributed by atoms with Crippen LogP contribution in [-0.2, 0) is 4.79 Å². The maximum Gasteiger partial charge on any atom is 0.178 e. The molecule has 1 aliphatic rings. The zero-order chi connectivity index (χ0) is 11.4. The van der Waals surface area contributed by atoms with Crippen LogP contribution in [0.1, 0.15) is 25.7 Å². The highest BCUT2D eigenvalue weighted by molar-refractivity contribution is 6.70. The van der Waals surface area contributed by atoms with Crippen LogP contribution in [0.5, 0.6) is 0 Å². The molecular formula is C10H22N2OSi2. The predicted octanol–water partition coefficient (Wildman–Crippen LogP) is 1.75. The van der Waals surface area contributed by atoms with Crippen LogP contribution in [-0.4, -0.2) is 33.8 Å². The van der Waals surface area contributed by atoms with Crippen LogP contribution in [0.4, 0.5) is 0 Å². The fourth-order valence-corrected chi connectivity index (χ4v) is 7.45. The van der Waals surface area contributed by atoms with E-state index in [-0.39, 0.29) is 5.78 Å². The van der Waals surface area contributed by atoms with Gasteiger partial charge in [0.1, 0.15) is 23.6 Å². The molecule has 1 rings (SSSR count). The topological polar surface area (TPSA) is 32.7 Å². The zero-order valence-corrected chi connectivity index (χ0v) is 12.6. The van der Waals surface area contributed by atoms with Crippen molar-refractivity contribution < 1.29 is 4.79 Å². The molecule has 3 nitrogen and oxygen atoms in total. The van der Waals surface area contributed by atoms with Gasteiger partial charge in [0.15, 0.2) is 5.78 Å². The molecule has 0 saturated heterocycles. The predicted molar refractivity (Wildman–Crippen MR) is 70.5 cm³/mol. The quantitative estimate of drug-likeness (QED) is 0.558. The Kier molecular flexibility index (Phi) is 4.72. The molecule has 0 atom stereocenters. The van der Waals surface area contributed by atoms with E-state index in [1.54, 1.807) is 0 Å². The number of hydrogen-bond acceptors (Lipinski definition) is 3. The maximum atomic E-state index is 11.6. The number of carbonyl (C=O) groups is 1. The van der Waals surface area contributed by atoms with E-state index in [4.69, 9.17) is 0 Å². The molecule has 0 amide bonds. The Morgan fingerprint density at radius 3 is 2.07 bits per heavy atom. The maximum absolute atomic E-state index is 11.6. The lowest BCUT2D eigenvalue weighted by Crippen LogP contribution is -2.40. The van der Waals surface area contributed by atoms with Gasteiger partial charge in [-0.25, -0.2) is 0 Å². The Morgan fingerprint density at radius 1 is 1.07 bits per heavy atom. The second-order valence-corrected chi connectivity index (χ2v) is 10.8. The Hall–Kier alpha value is -0.426. The molecule has 1 aliphatic carbocycles. The summed E-state index contributed by atoms with van der Waals surface area (Å²) in [4.78, 5) is 11.6. The third-order valence-corrected chi connectivity index (χ3v) is 8.61. The largest absolute Gasteiger partial charge is 0.355 e. The summed E-state index contributed by atoms with van der Waals surface area (Å²) in [5.41, 5.74) is 0.851. The van der Waals surface area contributed by atoms with Crippen LogP contribution in [0.3, 0.4) is 0 Å². The minimum absolute atomic E-state index is 0.288. The van der Waals surface area contributed by atoms with Crippen molar-refractivity contribution in [3.8, 4) is 0 Å². The molecule has 5 heteroatoms. The van der Waals surface area contributed by atoms with Gasteiger partial charge in [-0.3, -0.25) is 4.79 Å². The summed E-state index contributed by atoms with van der Waals surface area (Å²) < 4.78 is 2.30. The first-order valence-corrected chi connectivity index (χ1v) is 11.6. The third kappa shape index (κ3) is 3.57. The Labute approximate surface area is 95.9 Å². The number of hydrogen-bond donors (Lipinski definition) is 0. The van der Waals surface area contributed by atoms with Crippen LogP contribution >= 0.6 is 0 Å². The van der Waals surface area contributed by atoms with Gasteiger partial charge in [-0.2, -0.15) is 5.10 Å². The highest BCUT2D eigenvalue weighted by atomic mass is 28.3. The van der Waals surface area contributed by atoms with Crippen molar-refractivity contribution in [1.29, 1.82) is 0 Å². The van der Waals surface area contributed by atoms with Crippen LogP contribution in [0, 0.1) is 0 Å². The second-order valence-electron chi connectivity index (χ2n) is 4.74. The monoisotopic (exact) mass is 242 g/mol. The van der Waals surface area contributed by atoms with E-state index < -0.39 is 17.9 Å². The Balaban J connectivity index is 2.76. The molecule has 0 heterocycles. The number of Topliss-reactive ketones (excluding diaryl/α,β-unsaturated/α-hetero) is 1. The molecule has 0 unspecified atom stereocenters. The first-order chi connectivity index (χ1) is 7.02. The van der Waals surface area contributed by atoms with E-state index in [9.17, 15) is 4.79 Å². The molecule has 0 radical (unpaired) electrons. The van der Waals surface area contributed by atoms with Gasteiger partial charge in [0.25, 0.3) is 0 Å². The summed E-state index contributed by atoms with van der Waals surface area (Å²) in [7, 11) is -1.77. The summed E-state index contributed by atoms with van der Waals surface area (Å²) in [6.07, 6.45) is 3.80. The highest BCUT2D eigenvalue weighted by Gasteiger charge is 2.20. The van der Waals surface area contributed by atoms with Gasteiger partial charge in [0.2, 0.25) is 0 Å². The lowest BCUT2D eigenvalue weighted by atomic mass is 9.97. The summed E-state index contributed by atoms with van der Waals surface area (Å²) in [5.74, 6) is 0.288. The van der Waals surface area contributed by atoms with Gasteiger partial charge in [-0.15, -0.1) is 0 Å². The number of carbonyl (C=O) groups excluding carboxylic acids is 1. The van der Waals surface area contributed by atoms with Crippen molar-refractivity contribution in [2.24, 2.45) is 5.10 Å². The van der Waals surface area contributed by atoms with Crippen molar-refractivity contribution in [1.82, 2.24) is 4.34 Å². The molecule has 0 aliphatic heterocycles. The van der Waals surface area contributed by atoms with Crippen LogP contribution in [0.25, 0.3) is 0 Å². The van der Waals surface area contributed by atoms with E-state index in [1.807, 2.05) is 0 Å². The van der Waals surface area contributed by atoms with Crippen molar-refractivity contribution >= 4 is 29.4 Å². The van der Waals surface area contributed by atoms with E-state index in [0.29, 0.717) is 6.42 Å². The summed E-state index contributed by atoms with van der Waals surface area (Å²) in [5, 5.41) is 4.64.